The highest BCUT2D eigenvalue weighted by molar-refractivity contribution is 5.33. The molecular weight excluding hydrogens is 220 g/mol. The van der Waals surface area contributed by atoms with Gasteiger partial charge in [-0.25, -0.2) is 0 Å². The van der Waals surface area contributed by atoms with Gasteiger partial charge in [0, 0.05) is 31.6 Å². The quantitative estimate of drug-likeness (QED) is 0.832. The Balaban J connectivity index is 1.55. The molecule has 1 saturated carbocycles. The van der Waals surface area contributed by atoms with Gasteiger partial charge >= 0.3 is 0 Å². The minimum Gasteiger partial charge on any atom is -0.313 e. The van der Waals surface area contributed by atoms with Crippen molar-refractivity contribution in [2.45, 2.75) is 44.7 Å². The molecular formula is C16H24N2. The summed E-state index contributed by atoms with van der Waals surface area (Å²) >= 11 is 0. The van der Waals surface area contributed by atoms with Crippen molar-refractivity contribution in [3.05, 3.63) is 35.4 Å². The van der Waals surface area contributed by atoms with Crippen LogP contribution in [-0.2, 0) is 6.54 Å². The minimum atomic E-state index is 0.651. The van der Waals surface area contributed by atoms with Gasteiger partial charge in [0.25, 0.3) is 0 Å². The van der Waals surface area contributed by atoms with E-state index >= 15 is 0 Å². The largest absolute Gasteiger partial charge is 0.313 e. The Kier molecular flexibility index (Phi) is 3.67. The first kappa shape index (κ1) is 12.2. The molecule has 2 nitrogen and oxygen atoms in total. The fraction of sp³-hybridized carbons (Fsp3) is 0.625. The molecule has 0 aromatic heterocycles. The molecule has 3 rings (SSSR count). The highest BCUT2D eigenvalue weighted by Crippen LogP contribution is 2.35. The van der Waals surface area contributed by atoms with Gasteiger partial charge in [-0.1, -0.05) is 37.6 Å². The predicted octanol–water partition coefficient (Wildman–Crippen LogP) is 2.65. The van der Waals surface area contributed by atoms with Crippen LogP contribution in [0.3, 0.4) is 0 Å². The van der Waals surface area contributed by atoms with Crippen molar-refractivity contribution >= 4 is 0 Å². The van der Waals surface area contributed by atoms with Crippen molar-refractivity contribution in [3.8, 4) is 0 Å². The summed E-state index contributed by atoms with van der Waals surface area (Å²) in [5.74, 6) is 1.61. The van der Waals surface area contributed by atoms with E-state index in [0.717, 1.165) is 31.6 Å². The molecule has 0 radical (unpaired) electrons. The third-order valence-corrected chi connectivity index (χ3v) is 4.41. The number of fused-ring (bicyclic) bond motifs is 1. The molecule has 2 aliphatic rings. The van der Waals surface area contributed by atoms with Crippen molar-refractivity contribution in [3.63, 3.8) is 0 Å². The Bertz CT molecular complexity index is 402. The van der Waals surface area contributed by atoms with Crippen LogP contribution >= 0.6 is 0 Å². The summed E-state index contributed by atoms with van der Waals surface area (Å²) < 4.78 is 0. The van der Waals surface area contributed by atoms with E-state index < -0.39 is 0 Å². The van der Waals surface area contributed by atoms with E-state index in [0.29, 0.717) is 5.92 Å². The maximum Gasteiger partial charge on any atom is 0.0208 e. The topological polar surface area (TPSA) is 24.1 Å². The lowest BCUT2D eigenvalue weighted by molar-refractivity contribution is 0.490. The fourth-order valence-corrected chi connectivity index (χ4v) is 3.25. The molecule has 0 saturated heterocycles. The van der Waals surface area contributed by atoms with Crippen LogP contribution in [0.15, 0.2) is 24.3 Å². The summed E-state index contributed by atoms with van der Waals surface area (Å²) in [6, 6.07) is 9.69. The van der Waals surface area contributed by atoms with Crippen molar-refractivity contribution in [1.29, 1.82) is 0 Å². The number of hydrogen-bond acceptors (Lipinski definition) is 2. The van der Waals surface area contributed by atoms with Crippen LogP contribution in [0.25, 0.3) is 0 Å². The molecule has 0 amide bonds. The molecule has 1 aliphatic carbocycles. The van der Waals surface area contributed by atoms with E-state index in [-0.39, 0.29) is 0 Å². The second-order valence-electron chi connectivity index (χ2n) is 5.83. The highest BCUT2D eigenvalue weighted by Gasteiger charge is 2.36. The molecule has 98 valence electrons. The Morgan fingerprint density at radius 2 is 2.22 bits per heavy atom. The molecule has 2 N–H and O–H groups in total. The molecule has 0 bridgehead atoms. The van der Waals surface area contributed by atoms with E-state index in [4.69, 9.17) is 0 Å². The maximum absolute atomic E-state index is 3.76. The lowest BCUT2D eigenvalue weighted by atomic mass is 9.91. The molecule has 1 fully saturated rings. The predicted molar refractivity (Wildman–Crippen MR) is 75.7 cm³/mol. The van der Waals surface area contributed by atoms with Crippen LogP contribution in [0.4, 0.5) is 0 Å². The molecule has 1 aromatic carbocycles. The third-order valence-electron chi connectivity index (χ3n) is 4.41. The highest BCUT2D eigenvalue weighted by atomic mass is 15.0. The Hall–Kier alpha value is -0.860. The third kappa shape index (κ3) is 2.60. The van der Waals surface area contributed by atoms with Crippen LogP contribution < -0.4 is 10.6 Å². The van der Waals surface area contributed by atoms with E-state index in [9.17, 15) is 0 Å². The van der Waals surface area contributed by atoms with E-state index in [2.05, 4.69) is 41.8 Å². The van der Waals surface area contributed by atoms with Crippen molar-refractivity contribution in [2.75, 3.05) is 13.1 Å². The Labute approximate surface area is 110 Å². The van der Waals surface area contributed by atoms with E-state index in [1.165, 1.54) is 24.8 Å². The van der Waals surface area contributed by atoms with E-state index in [1.54, 1.807) is 5.56 Å². The molecule has 3 unspecified atom stereocenters. The molecule has 1 aromatic rings. The van der Waals surface area contributed by atoms with Crippen LogP contribution in [0.2, 0.25) is 0 Å². The Morgan fingerprint density at radius 1 is 1.33 bits per heavy atom. The summed E-state index contributed by atoms with van der Waals surface area (Å²) in [6.07, 6.45) is 4.13. The van der Waals surface area contributed by atoms with Crippen molar-refractivity contribution in [2.24, 2.45) is 5.92 Å². The summed E-state index contributed by atoms with van der Waals surface area (Å²) in [7, 11) is 0. The van der Waals surface area contributed by atoms with Crippen LogP contribution in [-0.4, -0.2) is 19.1 Å². The van der Waals surface area contributed by atoms with Gasteiger partial charge in [0.15, 0.2) is 0 Å². The first-order chi connectivity index (χ1) is 8.88. The smallest absolute Gasteiger partial charge is 0.0208 e. The van der Waals surface area contributed by atoms with Gasteiger partial charge in [0.1, 0.15) is 0 Å². The van der Waals surface area contributed by atoms with Gasteiger partial charge in [-0.05, 0) is 29.9 Å². The number of nitrogens with one attached hydrogen (secondary N) is 2. The fourth-order valence-electron chi connectivity index (χ4n) is 3.25. The van der Waals surface area contributed by atoms with Gasteiger partial charge in [0.05, 0.1) is 0 Å². The molecule has 2 heteroatoms. The van der Waals surface area contributed by atoms with Crippen LogP contribution in [0.5, 0.6) is 0 Å². The molecule has 18 heavy (non-hydrogen) atoms. The monoisotopic (exact) mass is 244 g/mol. The summed E-state index contributed by atoms with van der Waals surface area (Å²) in [5, 5.41) is 7.29. The van der Waals surface area contributed by atoms with Gasteiger partial charge < -0.3 is 10.6 Å². The first-order valence-corrected chi connectivity index (χ1v) is 7.40. The standard InChI is InChI=1S/C16H24N2/c1-2-5-12-8-16(12)18-11-14-10-17-9-13-6-3-4-7-15(13)14/h3-4,6-7,12,14,16-18H,2,5,8-11H2,1H3. The molecule has 1 aliphatic heterocycles. The van der Waals surface area contributed by atoms with Crippen LogP contribution in [0, 0.1) is 5.92 Å². The zero-order chi connectivity index (χ0) is 12.4. The van der Waals surface area contributed by atoms with Crippen molar-refractivity contribution in [1.82, 2.24) is 10.6 Å². The average molecular weight is 244 g/mol. The summed E-state index contributed by atoms with van der Waals surface area (Å²) in [6.45, 7) is 5.58. The van der Waals surface area contributed by atoms with Gasteiger partial charge in [-0.15, -0.1) is 0 Å². The molecule has 3 atom stereocenters. The lowest BCUT2D eigenvalue weighted by Gasteiger charge is -2.26. The summed E-state index contributed by atoms with van der Waals surface area (Å²) in [5.41, 5.74) is 3.04. The number of hydrogen-bond donors (Lipinski definition) is 2. The zero-order valence-electron chi connectivity index (χ0n) is 11.3. The second-order valence-corrected chi connectivity index (χ2v) is 5.83. The van der Waals surface area contributed by atoms with Gasteiger partial charge in [0.2, 0.25) is 0 Å². The minimum absolute atomic E-state index is 0.651. The van der Waals surface area contributed by atoms with Crippen molar-refractivity contribution < 1.29 is 0 Å². The SMILES string of the molecule is CCCC1CC1NCC1CNCc2ccccc21. The lowest BCUT2D eigenvalue weighted by Crippen LogP contribution is -2.35. The normalized spacial score (nSPS) is 29.9. The van der Waals surface area contributed by atoms with Gasteiger partial charge in [-0.3, -0.25) is 0 Å². The first-order valence-electron chi connectivity index (χ1n) is 7.40. The van der Waals surface area contributed by atoms with E-state index in [1.807, 2.05) is 0 Å². The average Bonchev–Trinajstić information content (AvgIpc) is 3.15. The zero-order valence-corrected chi connectivity index (χ0v) is 11.3. The number of rotatable bonds is 5. The number of benzene rings is 1. The maximum atomic E-state index is 3.76. The molecule has 1 heterocycles. The summed E-state index contributed by atoms with van der Waals surface area (Å²) in [4.78, 5) is 0. The Morgan fingerprint density at radius 3 is 3.11 bits per heavy atom. The molecule has 0 spiro atoms. The van der Waals surface area contributed by atoms with Gasteiger partial charge in [-0.2, -0.15) is 0 Å². The second kappa shape index (κ2) is 5.41. The van der Waals surface area contributed by atoms with Crippen LogP contribution in [0.1, 0.15) is 43.2 Å².